The molecule has 6 heteroatoms. The quantitative estimate of drug-likeness (QED) is 0.804. The first-order valence-corrected chi connectivity index (χ1v) is 6.03. The molecule has 0 bridgehead atoms. The van der Waals surface area contributed by atoms with E-state index in [0.29, 0.717) is 21.7 Å². The summed E-state index contributed by atoms with van der Waals surface area (Å²) in [6.45, 7) is 0. The van der Waals surface area contributed by atoms with Crippen LogP contribution in [0.1, 0.15) is 10.4 Å². The van der Waals surface area contributed by atoms with Crippen LogP contribution in [-0.2, 0) is 4.74 Å². The van der Waals surface area contributed by atoms with Gasteiger partial charge in [0, 0.05) is 17.3 Å². The third kappa shape index (κ3) is 3.36. The number of halogens is 2. The molecule has 0 radical (unpaired) electrons. The van der Waals surface area contributed by atoms with Gasteiger partial charge in [0.25, 0.3) is 0 Å². The molecule has 0 aliphatic rings. The van der Waals surface area contributed by atoms with Crippen LogP contribution in [0.5, 0.6) is 11.6 Å². The second kappa shape index (κ2) is 5.91. The molecule has 0 aliphatic heterocycles. The Hall–Kier alpha value is -1.78. The number of carbonyl (C=O) groups excluding carboxylic acids is 1. The lowest BCUT2D eigenvalue weighted by atomic mass is 10.2. The summed E-state index contributed by atoms with van der Waals surface area (Å²) in [4.78, 5) is 15.6. The fourth-order valence-corrected chi connectivity index (χ4v) is 1.68. The van der Waals surface area contributed by atoms with Gasteiger partial charge in [0.1, 0.15) is 11.3 Å². The van der Waals surface area contributed by atoms with Crippen LogP contribution >= 0.6 is 23.2 Å². The SMILES string of the molecule is COC(=O)c1cc(Cl)ccc1Oc1ccc(Cl)cn1. The van der Waals surface area contributed by atoms with Crippen molar-refractivity contribution in [3.63, 3.8) is 0 Å². The van der Waals surface area contributed by atoms with Crippen LogP contribution < -0.4 is 4.74 Å². The van der Waals surface area contributed by atoms with Gasteiger partial charge in [-0.25, -0.2) is 9.78 Å². The van der Waals surface area contributed by atoms with Gasteiger partial charge in [-0.3, -0.25) is 0 Å². The van der Waals surface area contributed by atoms with Gasteiger partial charge in [-0.1, -0.05) is 23.2 Å². The van der Waals surface area contributed by atoms with Crippen LogP contribution in [0.2, 0.25) is 10.0 Å². The van der Waals surface area contributed by atoms with E-state index in [9.17, 15) is 4.79 Å². The summed E-state index contributed by atoms with van der Waals surface area (Å²) in [6, 6.07) is 7.89. The molecule has 98 valence electrons. The van der Waals surface area contributed by atoms with E-state index in [1.165, 1.54) is 19.4 Å². The van der Waals surface area contributed by atoms with E-state index in [1.54, 1.807) is 24.3 Å². The van der Waals surface area contributed by atoms with Crippen molar-refractivity contribution in [1.82, 2.24) is 4.98 Å². The summed E-state index contributed by atoms with van der Waals surface area (Å²) in [7, 11) is 1.29. The molecule has 2 aromatic rings. The van der Waals surface area contributed by atoms with Gasteiger partial charge in [0.15, 0.2) is 0 Å². The number of aromatic nitrogens is 1. The van der Waals surface area contributed by atoms with Gasteiger partial charge in [0.05, 0.1) is 12.1 Å². The molecule has 2 rings (SSSR count). The Morgan fingerprint density at radius 3 is 2.53 bits per heavy atom. The van der Waals surface area contributed by atoms with E-state index >= 15 is 0 Å². The molecule has 0 saturated carbocycles. The zero-order valence-electron chi connectivity index (χ0n) is 9.89. The first kappa shape index (κ1) is 13.6. The largest absolute Gasteiger partial charge is 0.465 e. The minimum absolute atomic E-state index is 0.228. The van der Waals surface area contributed by atoms with Crippen molar-refractivity contribution in [2.24, 2.45) is 0 Å². The van der Waals surface area contributed by atoms with Crippen molar-refractivity contribution < 1.29 is 14.3 Å². The lowest BCUT2D eigenvalue weighted by molar-refractivity contribution is 0.0598. The Morgan fingerprint density at radius 2 is 1.89 bits per heavy atom. The maximum atomic E-state index is 11.6. The zero-order valence-corrected chi connectivity index (χ0v) is 11.4. The van der Waals surface area contributed by atoms with Crippen LogP contribution in [0, 0.1) is 0 Å². The van der Waals surface area contributed by atoms with Crippen LogP contribution in [-0.4, -0.2) is 18.1 Å². The normalized spacial score (nSPS) is 10.1. The summed E-state index contributed by atoms with van der Waals surface area (Å²) in [5.41, 5.74) is 0.228. The van der Waals surface area contributed by atoms with Crippen LogP contribution in [0.3, 0.4) is 0 Å². The van der Waals surface area contributed by atoms with Gasteiger partial charge < -0.3 is 9.47 Å². The number of nitrogens with zero attached hydrogens (tertiary/aromatic N) is 1. The Labute approximate surface area is 119 Å². The fraction of sp³-hybridized carbons (Fsp3) is 0.0769. The van der Waals surface area contributed by atoms with Crippen molar-refractivity contribution >= 4 is 29.2 Å². The molecule has 0 spiro atoms. The molecule has 4 nitrogen and oxygen atoms in total. The summed E-state index contributed by atoms with van der Waals surface area (Å²) in [5.74, 6) is 0.0920. The Kier molecular flexibility index (Phi) is 4.24. The second-order valence-corrected chi connectivity index (χ2v) is 4.42. The average Bonchev–Trinajstić information content (AvgIpc) is 2.42. The van der Waals surface area contributed by atoms with Crippen LogP contribution in [0.15, 0.2) is 36.5 Å². The molecule has 0 unspecified atom stereocenters. The van der Waals surface area contributed by atoms with Crippen LogP contribution in [0.25, 0.3) is 0 Å². The van der Waals surface area contributed by atoms with E-state index in [2.05, 4.69) is 9.72 Å². The predicted octanol–water partition coefficient (Wildman–Crippen LogP) is 3.97. The lowest BCUT2D eigenvalue weighted by Crippen LogP contribution is -2.04. The minimum atomic E-state index is -0.536. The topological polar surface area (TPSA) is 48.4 Å². The molecule has 0 saturated heterocycles. The van der Waals surface area contributed by atoms with E-state index < -0.39 is 5.97 Å². The maximum absolute atomic E-state index is 11.6. The predicted molar refractivity (Wildman–Crippen MR) is 72.1 cm³/mol. The highest BCUT2D eigenvalue weighted by Crippen LogP contribution is 2.27. The van der Waals surface area contributed by atoms with Crippen molar-refractivity contribution in [2.45, 2.75) is 0 Å². The number of esters is 1. The number of methoxy groups -OCH3 is 1. The van der Waals surface area contributed by atoms with Gasteiger partial charge in [0.2, 0.25) is 5.88 Å². The van der Waals surface area contributed by atoms with E-state index in [-0.39, 0.29) is 5.56 Å². The Bertz CT molecular complexity index is 599. The van der Waals surface area contributed by atoms with Crippen molar-refractivity contribution in [2.75, 3.05) is 7.11 Å². The number of pyridine rings is 1. The Balaban J connectivity index is 2.34. The highest BCUT2D eigenvalue weighted by molar-refractivity contribution is 6.31. The van der Waals surface area contributed by atoms with Crippen molar-refractivity contribution in [1.29, 1.82) is 0 Å². The summed E-state index contributed by atoms with van der Waals surface area (Å²) >= 11 is 11.6. The number of hydrogen-bond donors (Lipinski definition) is 0. The molecule has 19 heavy (non-hydrogen) atoms. The van der Waals surface area contributed by atoms with Gasteiger partial charge in [-0.2, -0.15) is 0 Å². The fourth-order valence-electron chi connectivity index (χ4n) is 1.40. The summed E-state index contributed by atoms with van der Waals surface area (Å²) in [5, 5.41) is 0.911. The molecule has 0 fully saturated rings. The smallest absolute Gasteiger partial charge is 0.341 e. The van der Waals surface area contributed by atoms with E-state index in [0.717, 1.165) is 0 Å². The van der Waals surface area contributed by atoms with Gasteiger partial charge in [-0.15, -0.1) is 0 Å². The highest BCUT2D eigenvalue weighted by atomic mass is 35.5. The lowest BCUT2D eigenvalue weighted by Gasteiger charge is -2.09. The van der Waals surface area contributed by atoms with Crippen molar-refractivity contribution in [3.05, 3.63) is 52.1 Å². The van der Waals surface area contributed by atoms with E-state index in [1.807, 2.05) is 0 Å². The number of hydrogen-bond acceptors (Lipinski definition) is 4. The van der Waals surface area contributed by atoms with Gasteiger partial charge in [-0.05, 0) is 24.3 Å². The standard InChI is InChI=1S/C13H9Cl2NO3/c1-18-13(17)10-6-8(14)2-4-11(10)19-12-5-3-9(15)7-16-12/h2-7H,1H3. The molecule has 1 heterocycles. The molecule has 0 aliphatic carbocycles. The molecule has 0 atom stereocenters. The zero-order chi connectivity index (χ0) is 13.8. The van der Waals surface area contributed by atoms with E-state index in [4.69, 9.17) is 27.9 Å². The minimum Gasteiger partial charge on any atom is -0.465 e. The second-order valence-electron chi connectivity index (χ2n) is 3.55. The Morgan fingerprint density at radius 1 is 1.16 bits per heavy atom. The van der Waals surface area contributed by atoms with Crippen LogP contribution in [0.4, 0.5) is 0 Å². The number of carbonyl (C=O) groups is 1. The molecule has 0 amide bonds. The third-order valence-corrected chi connectivity index (χ3v) is 2.72. The highest BCUT2D eigenvalue weighted by Gasteiger charge is 2.14. The number of benzene rings is 1. The first-order valence-electron chi connectivity index (χ1n) is 5.27. The van der Waals surface area contributed by atoms with Crippen molar-refractivity contribution in [3.8, 4) is 11.6 Å². The molecule has 0 N–H and O–H groups in total. The summed E-state index contributed by atoms with van der Waals surface area (Å²) in [6.07, 6.45) is 1.45. The first-order chi connectivity index (χ1) is 9.10. The molecule has 1 aromatic carbocycles. The third-order valence-electron chi connectivity index (χ3n) is 2.26. The molecular formula is C13H9Cl2NO3. The average molecular weight is 298 g/mol. The molecular weight excluding hydrogens is 289 g/mol. The summed E-state index contributed by atoms with van der Waals surface area (Å²) < 4.78 is 10.2. The monoisotopic (exact) mass is 297 g/mol. The number of rotatable bonds is 3. The maximum Gasteiger partial charge on any atom is 0.341 e. The van der Waals surface area contributed by atoms with Gasteiger partial charge >= 0.3 is 5.97 Å². The molecule has 1 aromatic heterocycles. The number of ether oxygens (including phenoxy) is 2.